The molecule has 1 N–H and O–H groups in total. The molecule has 1 aromatic heterocycles. The van der Waals surface area contributed by atoms with E-state index in [0.717, 1.165) is 42.8 Å². The molecule has 0 saturated carbocycles. The minimum atomic E-state index is -0.786. The van der Waals surface area contributed by atoms with E-state index in [4.69, 9.17) is 4.74 Å². The van der Waals surface area contributed by atoms with Gasteiger partial charge >= 0.3 is 0 Å². The first kappa shape index (κ1) is 17.5. The lowest BCUT2D eigenvalue weighted by Gasteiger charge is -2.14. The van der Waals surface area contributed by atoms with Gasteiger partial charge in [0.25, 0.3) is 0 Å². The minimum absolute atomic E-state index is 0.0201. The van der Waals surface area contributed by atoms with Crippen LogP contribution in [0.1, 0.15) is 36.7 Å². The topological polar surface area (TPSA) is 56.2 Å². The van der Waals surface area contributed by atoms with Gasteiger partial charge in [0.15, 0.2) is 0 Å². The number of nitrogens with one attached hydrogen (secondary N) is 1. The number of ether oxygens (including phenoxy) is 1. The van der Waals surface area contributed by atoms with Crippen LogP contribution in [0, 0.1) is 11.6 Å². The standard InChI is InChI=1S/C18H21F2N3O2/c1-2-8-23-17-7-9-25-11-13(17)15(22-23)5-6-18(24)21-16-4-3-12(19)10-14(16)20/h3-4,10H,2,5-9,11H2,1H3,(H,21,24). The average Bonchev–Trinajstić information content (AvgIpc) is 2.94. The van der Waals surface area contributed by atoms with Gasteiger partial charge in [-0.1, -0.05) is 6.92 Å². The molecule has 1 aliphatic rings. The first-order valence-corrected chi connectivity index (χ1v) is 8.48. The number of anilines is 1. The summed E-state index contributed by atoms with van der Waals surface area (Å²) in [7, 11) is 0. The van der Waals surface area contributed by atoms with E-state index < -0.39 is 11.6 Å². The zero-order chi connectivity index (χ0) is 17.8. The number of hydrogen-bond acceptors (Lipinski definition) is 3. The van der Waals surface area contributed by atoms with Crippen LogP contribution in [0.4, 0.5) is 14.5 Å². The molecule has 0 unspecified atom stereocenters. The molecule has 2 aromatic rings. The highest BCUT2D eigenvalue weighted by Gasteiger charge is 2.21. The van der Waals surface area contributed by atoms with E-state index in [1.54, 1.807) is 0 Å². The lowest BCUT2D eigenvalue weighted by atomic mass is 10.1. The van der Waals surface area contributed by atoms with Crippen molar-refractivity contribution in [1.82, 2.24) is 9.78 Å². The van der Waals surface area contributed by atoms with Crippen molar-refractivity contribution in [3.63, 3.8) is 0 Å². The molecule has 0 saturated heterocycles. The van der Waals surface area contributed by atoms with E-state index >= 15 is 0 Å². The van der Waals surface area contributed by atoms with Crippen LogP contribution < -0.4 is 5.32 Å². The van der Waals surface area contributed by atoms with Gasteiger partial charge in [-0.3, -0.25) is 9.48 Å². The molecule has 1 aromatic carbocycles. The molecule has 1 aliphatic heterocycles. The van der Waals surface area contributed by atoms with Gasteiger partial charge in [-0.25, -0.2) is 8.78 Å². The van der Waals surface area contributed by atoms with Crippen LogP contribution in [0.2, 0.25) is 0 Å². The van der Waals surface area contributed by atoms with Crippen LogP contribution >= 0.6 is 0 Å². The van der Waals surface area contributed by atoms with Gasteiger partial charge in [0.2, 0.25) is 5.91 Å². The van der Waals surface area contributed by atoms with Crippen LogP contribution in [0.15, 0.2) is 18.2 Å². The molecule has 0 aliphatic carbocycles. The maximum atomic E-state index is 13.6. The molecule has 0 spiro atoms. The van der Waals surface area contributed by atoms with Crippen LogP contribution in [-0.2, 0) is 35.5 Å². The number of halogens is 2. The number of benzene rings is 1. The van der Waals surface area contributed by atoms with E-state index in [-0.39, 0.29) is 18.0 Å². The highest BCUT2D eigenvalue weighted by atomic mass is 19.1. The molecule has 25 heavy (non-hydrogen) atoms. The fraction of sp³-hybridized carbons (Fsp3) is 0.444. The number of hydrogen-bond donors (Lipinski definition) is 1. The second kappa shape index (κ2) is 7.74. The van der Waals surface area contributed by atoms with Gasteiger partial charge in [0.05, 0.1) is 24.6 Å². The molecule has 2 heterocycles. The Balaban J connectivity index is 1.66. The summed E-state index contributed by atoms with van der Waals surface area (Å²) in [5.41, 5.74) is 3.10. The fourth-order valence-corrected chi connectivity index (χ4v) is 3.01. The Morgan fingerprint density at radius 3 is 3.00 bits per heavy atom. The maximum absolute atomic E-state index is 13.6. The molecule has 0 bridgehead atoms. The minimum Gasteiger partial charge on any atom is -0.376 e. The zero-order valence-electron chi connectivity index (χ0n) is 14.1. The van der Waals surface area contributed by atoms with Gasteiger partial charge < -0.3 is 10.1 Å². The van der Waals surface area contributed by atoms with Gasteiger partial charge in [-0.05, 0) is 18.6 Å². The van der Waals surface area contributed by atoms with E-state index in [2.05, 4.69) is 17.3 Å². The van der Waals surface area contributed by atoms with E-state index in [9.17, 15) is 13.6 Å². The third-order valence-electron chi connectivity index (χ3n) is 4.21. The molecule has 134 valence electrons. The van der Waals surface area contributed by atoms with Crippen molar-refractivity contribution in [3.05, 3.63) is 46.8 Å². The summed E-state index contributed by atoms with van der Waals surface area (Å²) in [6.07, 6.45) is 2.44. The number of amides is 1. The lowest BCUT2D eigenvalue weighted by molar-refractivity contribution is -0.116. The van der Waals surface area contributed by atoms with Crippen molar-refractivity contribution in [2.75, 3.05) is 11.9 Å². The summed E-state index contributed by atoms with van der Waals surface area (Å²) in [5.74, 6) is -1.80. The third kappa shape index (κ3) is 4.04. The van der Waals surface area contributed by atoms with Crippen molar-refractivity contribution in [3.8, 4) is 0 Å². The summed E-state index contributed by atoms with van der Waals surface area (Å²) in [4.78, 5) is 12.1. The largest absolute Gasteiger partial charge is 0.376 e. The molecule has 1 amide bonds. The number of carbonyl (C=O) groups is 1. The van der Waals surface area contributed by atoms with Crippen molar-refractivity contribution in [1.29, 1.82) is 0 Å². The summed E-state index contributed by atoms with van der Waals surface area (Å²) in [6.45, 7) is 4.14. The van der Waals surface area contributed by atoms with Crippen molar-refractivity contribution in [2.24, 2.45) is 0 Å². The SMILES string of the molecule is CCCn1nc(CCC(=O)Nc2ccc(F)cc2F)c2c1CCOC2. The molecule has 7 heteroatoms. The molecule has 0 radical (unpaired) electrons. The lowest BCUT2D eigenvalue weighted by Crippen LogP contribution is -2.15. The summed E-state index contributed by atoms with van der Waals surface area (Å²) in [6, 6.07) is 3.07. The fourth-order valence-electron chi connectivity index (χ4n) is 3.01. The van der Waals surface area contributed by atoms with Gasteiger partial charge in [0.1, 0.15) is 11.6 Å². The summed E-state index contributed by atoms with van der Waals surface area (Å²) < 4.78 is 34.0. The highest BCUT2D eigenvalue weighted by Crippen LogP contribution is 2.23. The van der Waals surface area contributed by atoms with Crippen LogP contribution in [-0.4, -0.2) is 22.3 Å². The normalized spacial score (nSPS) is 13.6. The summed E-state index contributed by atoms with van der Waals surface area (Å²) >= 11 is 0. The van der Waals surface area contributed by atoms with Crippen molar-refractivity contribution >= 4 is 11.6 Å². The number of nitrogens with zero attached hydrogens (tertiary/aromatic N) is 2. The average molecular weight is 349 g/mol. The number of aryl methyl sites for hydroxylation is 2. The van der Waals surface area contributed by atoms with Crippen LogP contribution in [0.3, 0.4) is 0 Å². The zero-order valence-corrected chi connectivity index (χ0v) is 14.1. The van der Waals surface area contributed by atoms with E-state index in [1.807, 2.05) is 4.68 Å². The van der Waals surface area contributed by atoms with Crippen LogP contribution in [0.5, 0.6) is 0 Å². The maximum Gasteiger partial charge on any atom is 0.224 e. The molecular weight excluding hydrogens is 328 g/mol. The predicted octanol–water partition coefficient (Wildman–Crippen LogP) is 3.22. The first-order valence-electron chi connectivity index (χ1n) is 8.48. The number of fused-ring (bicyclic) bond motifs is 1. The van der Waals surface area contributed by atoms with Gasteiger partial charge in [-0.2, -0.15) is 5.10 Å². The number of aromatic nitrogens is 2. The molecule has 3 rings (SSSR count). The molecular formula is C18H21F2N3O2. The van der Waals surface area contributed by atoms with E-state index in [1.165, 1.54) is 11.8 Å². The Bertz CT molecular complexity index is 774. The first-order chi connectivity index (χ1) is 12.1. The second-order valence-electron chi connectivity index (χ2n) is 6.07. The monoisotopic (exact) mass is 349 g/mol. The smallest absolute Gasteiger partial charge is 0.224 e. The Labute approximate surface area is 145 Å². The molecule has 0 fully saturated rings. The van der Waals surface area contributed by atoms with Gasteiger partial charge in [0, 0.05) is 43.1 Å². The second-order valence-corrected chi connectivity index (χ2v) is 6.07. The highest BCUT2D eigenvalue weighted by molar-refractivity contribution is 5.90. The van der Waals surface area contributed by atoms with Crippen molar-refractivity contribution in [2.45, 2.75) is 45.8 Å². The van der Waals surface area contributed by atoms with E-state index in [0.29, 0.717) is 19.6 Å². The Kier molecular flexibility index (Phi) is 5.43. The van der Waals surface area contributed by atoms with Gasteiger partial charge in [-0.15, -0.1) is 0 Å². The van der Waals surface area contributed by atoms with Crippen LogP contribution in [0.25, 0.3) is 0 Å². The van der Waals surface area contributed by atoms with Crippen molar-refractivity contribution < 1.29 is 18.3 Å². The number of rotatable bonds is 6. The predicted molar refractivity (Wildman–Crippen MR) is 89.2 cm³/mol. The Hall–Kier alpha value is -2.28. The quantitative estimate of drug-likeness (QED) is 0.871. The number of carbonyl (C=O) groups excluding carboxylic acids is 1. The Morgan fingerprint density at radius 1 is 1.40 bits per heavy atom. The molecule has 5 nitrogen and oxygen atoms in total. The Morgan fingerprint density at radius 2 is 2.24 bits per heavy atom. The third-order valence-corrected chi connectivity index (χ3v) is 4.21. The summed E-state index contributed by atoms with van der Waals surface area (Å²) in [5, 5.41) is 7.10. The molecule has 0 atom stereocenters.